The number of carboxylic acids is 1. The molecule has 3 aromatic carbocycles. The number of nitrogens with zero attached hydrogens (tertiary/aromatic N) is 1. The molecule has 0 bridgehead atoms. The lowest BCUT2D eigenvalue weighted by Crippen LogP contribution is -2.23. The number of hydrogen-bond acceptors (Lipinski definition) is 4. The minimum Gasteiger partial charge on any atom is -0.493 e. The molecule has 0 aromatic heterocycles. The predicted octanol–water partition coefficient (Wildman–Crippen LogP) is 4.95. The van der Waals surface area contributed by atoms with Crippen LogP contribution in [0.15, 0.2) is 66.7 Å². The first-order valence-electron chi connectivity index (χ1n) is 10.4. The monoisotopic (exact) mass is 471 g/mol. The molecule has 1 heterocycles. The number of rotatable bonds is 8. The van der Waals surface area contributed by atoms with E-state index in [1.54, 1.807) is 30.3 Å². The first-order valence-corrected chi connectivity index (χ1v) is 10.4. The second-order valence-electron chi connectivity index (χ2n) is 7.64. The Hall–Kier alpha value is -4.01. The van der Waals surface area contributed by atoms with Crippen molar-refractivity contribution in [3.63, 3.8) is 0 Å². The van der Waals surface area contributed by atoms with Crippen molar-refractivity contribution in [3.8, 4) is 11.5 Å². The Kier molecular flexibility index (Phi) is 6.45. The molecule has 0 saturated heterocycles. The normalized spacial score (nSPS) is 13.0. The zero-order chi connectivity index (χ0) is 24.3. The van der Waals surface area contributed by atoms with Gasteiger partial charge in [-0.05, 0) is 54.1 Å². The van der Waals surface area contributed by atoms with E-state index in [1.165, 1.54) is 17.0 Å². The van der Waals surface area contributed by atoms with Crippen molar-refractivity contribution in [2.75, 3.05) is 18.1 Å². The van der Waals surface area contributed by atoms with Crippen LogP contribution in [0.25, 0.3) is 0 Å². The molecule has 1 N–H and O–H groups in total. The van der Waals surface area contributed by atoms with E-state index in [4.69, 9.17) is 14.6 Å². The quantitative estimate of drug-likeness (QED) is 0.503. The minimum absolute atomic E-state index is 0.200. The van der Waals surface area contributed by atoms with E-state index < -0.39 is 24.3 Å². The van der Waals surface area contributed by atoms with Gasteiger partial charge in [-0.25, -0.2) is 4.79 Å². The highest BCUT2D eigenvalue weighted by molar-refractivity contribution is 6.10. The van der Waals surface area contributed by atoms with Gasteiger partial charge in [0.2, 0.25) is 0 Å². The van der Waals surface area contributed by atoms with Crippen molar-refractivity contribution in [1.29, 1.82) is 0 Å². The molecule has 0 unspecified atom stereocenters. The first kappa shape index (κ1) is 23.2. The van der Waals surface area contributed by atoms with Crippen molar-refractivity contribution in [2.24, 2.45) is 0 Å². The van der Waals surface area contributed by atoms with Gasteiger partial charge in [0.1, 0.15) is 11.5 Å². The standard InChI is InChI=1S/C25H20F3NO5/c26-25(27,28)17-6-8-18(9-7-17)29-14-21-20(24(29)32)2-1-3-22(21)33-13-12-16-4-10-19(11-5-16)34-15-23(30)31/h1-11H,12-15H2,(H,30,31). The summed E-state index contributed by atoms with van der Waals surface area (Å²) in [4.78, 5) is 24.8. The molecule has 0 radical (unpaired) electrons. The van der Waals surface area contributed by atoms with Gasteiger partial charge in [0.25, 0.3) is 5.91 Å². The summed E-state index contributed by atoms with van der Waals surface area (Å²) in [5.74, 6) is -0.350. The highest BCUT2D eigenvalue weighted by Gasteiger charge is 2.33. The van der Waals surface area contributed by atoms with Crippen molar-refractivity contribution in [3.05, 3.63) is 89.0 Å². The lowest BCUT2D eigenvalue weighted by Gasteiger charge is -2.17. The van der Waals surface area contributed by atoms with E-state index in [9.17, 15) is 22.8 Å². The maximum Gasteiger partial charge on any atom is 0.416 e. The molecule has 1 aliphatic rings. The molecule has 176 valence electrons. The summed E-state index contributed by atoms with van der Waals surface area (Å²) in [6.07, 6.45) is -3.87. The molecular formula is C25H20F3NO5. The second-order valence-corrected chi connectivity index (χ2v) is 7.64. The minimum atomic E-state index is -4.44. The van der Waals surface area contributed by atoms with Gasteiger partial charge in [-0.2, -0.15) is 13.2 Å². The number of carbonyl (C=O) groups is 2. The predicted molar refractivity (Wildman–Crippen MR) is 117 cm³/mol. The molecule has 0 aliphatic carbocycles. The first-order chi connectivity index (χ1) is 16.2. The van der Waals surface area contributed by atoms with Crippen LogP contribution in [0.2, 0.25) is 0 Å². The van der Waals surface area contributed by atoms with Crippen molar-refractivity contribution in [2.45, 2.75) is 19.1 Å². The van der Waals surface area contributed by atoms with Gasteiger partial charge in [-0.15, -0.1) is 0 Å². The highest BCUT2D eigenvalue weighted by Crippen LogP contribution is 2.36. The molecule has 34 heavy (non-hydrogen) atoms. The van der Waals surface area contributed by atoms with Crippen LogP contribution in [-0.2, 0) is 23.9 Å². The molecule has 0 fully saturated rings. The number of aliphatic carboxylic acids is 1. The molecule has 0 saturated carbocycles. The number of anilines is 1. The molecule has 4 rings (SSSR count). The average Bonchev–Trinajstić information content (AvgIpc) is 3.15. The smallest absolute Gasteiger partial charge is 0.416 e. The zero-order valence-corrected chi connectivity index (χ0v) is 17.8. The SMILES string of the molecule is O=C(O)COc1ccc(CCOc2cccc3c2CN(c2ccc(C(F)(F)F)cc2)C3=O)cc1. The number of ether oxygens (including phenoxy) is 2. The molecule has 6 nitrogen and oxygen atoms in total. The van der Waals surface area contributed by atoms with Gasteiger partial charge in [0.05, 0.1) is 18.7 Å². The molecule has 1 amide bonds. The topological polar surface area (TPSA) is 76.1 Å². The fourth-order valence-electron chi connectivity index (χ4n) is 3.65. The summed E-state index contributed by atoms with van der Waals surface area (Å²) in [7, 11) is 0. The van der Waals surface area contributed by atoms with Gasteiger partial charge in [0, 0.05) is 23.2 Å². The maximum atomic E-state index is 12.9. The Morgan fingerprint density at radius 1 is 0.971 bits per heavy atom. The lowest BCUT2D eigenvalue weighted by atomic mass is 10.1. The van der Waals surface area contributed by atoms with Gasteiger partial charge in [-0.1, -0.05) is 18.2 Å². The number of amides is 1. The fourth-order valence-corrected chi connectivity index (χ4v) is 3.65. The molecular weight excluding hydrogens is 451 g/mol. The van der Waals surface area contributed by atoms with Gasteiger partial charge in [-0.3, -0.25) is 4.79 Å². The number of carboxylic acid groups (broad SMARTS) is 1. The molecule has 3 aromatic rings. The van der Waals surface area contributed by atoms with E-state index in [0.29, 0.717) is 41.3 Å². The Labute approximate surface area is 193 Å². The molecule has 9 heteroatoms. The zero-order valence-electron chi connectivity index (χ0n) is 17.8. The number of alkyl halides is 3. The van der Waals surface area contributed by atoms with Crippen LogP contribution >= 0.6 is 0 Å². The highest BCUT2D eigenvalue weighted by atomic mass is 19.4. The lowest BCUT2D eigenvalue weighted by molar-refractivity contribution is -0.139. The third-order valence-electron chi connectivity index (χ3n) is 5.37. The number of hydrogen-bond donors (Lipinski definition) is 1. The van der Waals surface area contributed by atoms with Crippen LogP contribution in [0.1, 0.15) is 27.0 Å². The van der Waals surface area contributed by atoms with Crippen molar-refractivity contribution >= 4 is 17.6 Å². The van der Waals surface area contributed by atoms with Gasteiger partial charge < -0.3 is 19.5 Å². The number of fused-ring (bicyclic) bond motifs is 1. The van der Waals surface area contributed by atoms with E-state index in [1.807, 2.05) is 12.1 Å². The van der Waals surface area contributed by atoms with Crippen LogP contribution in [0.5, 0.6) is 11.5 Å². The summed E-state index contributed by atoms with van der Waals surface area (Å²) >= 11 is 0. The van der Waals surface area contributed by atoms with Crippen LogP contribution < -0.4 is 14.4 Å². The molecule has 0 spiro atoms. The van der Waals surface area contributed by atoms with Crippen LogP contribution in [0.4, 0.5) is 18.9 Å². The number of carbonyl (C=O) groups excluding carboxylic acids is 1. The maximum absolute atomic E-state index is 12.9. The Morgan fingerprint density at radius 3 is 2.32 bits per heavy atom. The van der Waals surface area contributed by atoms with E-state index in [0.717, 1.165) is 17.7 Å². The average molecular weight is 471 g/mol. The number of halogens is 3. The summed E-state index contributed by atoms with van der Waals surface area (Å²) in [5.41, 5.74) is 1.70. The molecule has 0 atom stereocenters. The van der Waals surface area contributed by atoms with Gasteiger partial charge >= 0.3 is 12.1 Å². The third-order valence-corrected chi connectivity index (χ3v) is 5.37. The van der Waals surface area contributed by atoms with Crippen molar-refractivity contribution in [1.82, 2.24) is 0 Å². The van der Waals surface area contributed by atoms with E-state index in [2.05, 4.69) is 0 Å². The third kappa shape index (κ3) is 5.14. The summed E-state index contributed by atoms with van der Waals surface area (Å²) in [6.45, 7) is 0.120. The summed E-state index contributed by atoms with van der Waals surface area (Å²) in [6, 6.07) is 16.6. The molecule has 1 aliphatic heterocycles. The Balaban J connectivity index is 1.40. The Bertz CT molecular complexity index is 1190. The fraction of sp³-hybridized carbons (Fsp3) is 0.200. The summed E-state index contributed by atoms with van der Waals surface area (Å²) in [5, 5.41) is 8.65. The van der Waals surface area contributed by atoms with Crippen molar-refractivity contribution < 1.29 is 37.3 Å². The van der Waals surface area contributed by atoms with Crippen LogP contribution in [0.3, 0.4) is 0 Å². The second kappa shape index (κ2) is 9.46. The van der Waals surface area contributed by atoms with Crippen LogP contribution in [-0.4, -0.2) is 30.2 Å². The van der Waals surface area contributed by atoms with E-state index >= 15 is 0 Å². The number of benzene rings is 3. The van der Waals surface area contributed by atoms with E-state index in [-0.39, 0.29) is 12.5 Å². The largest absolute Gasteiger partial charge is 0.493 e. The van der Waals surface area contributed by atoms with Crippen LogP contribution in [0, 0.1) is 0 Å². The Morgan fingerprint density at radius 2 is 1.68 bits per heavy atom. The van der Waals surface area contributed by atoms with Gasteiger partial charge in [0.15, 0.2) is 6.61 Å². The summed E-state index contributed by atoms with van der Waals surface area (Å²) < 4.78 is 49.5.